The van der Waals surface area contributed by atoms with Crippen molar-refractivity contribution in [3.05, 3.63) is 11.1 Å². The van der Waals surface area contributed by atoms with E-state index < -0.39 is 5.41 Å². The molecule has 1 saturated heterocycles. The average molecular weight is 384 g/mol. The van der Waals surface area contributed by atoms with Crippen LogP contribution in [0.4, 0.5) is 0 Å². The molecule has 3 amide bonds. The molecule has 7 nitrogen and oxygen atoms in total. The predicted octanol–water partition coefficient (Wildman–Crippen LogP) is 1.39. The van der Waals surface area contributed by atoms with Crippen molar-refractivity contribution in [1.29, 1.82) is 0 Å². The highest BCUT2D eigenvalue weighted by atomic mass is 32.2. The molecule has 0 atom stereocenters. The summed E-state index contributed by atoms with van der Waals surface area (Å²) < 4.78 is 0. The highest BCUT2D eigenvalue weighted by Crippen LogP contribution is 2.30. The van der Waals surface area contributed by atoms with Gasteiger partial charge in [-0.25, -0.2) is 0 Å². The van der Waals surface area contributed by atoms with Gasteiger partial charge in [0.25, 0.3) is 0 Å². The van der Waals surface area contributed by atoms with Gasteiger partial charge in [-0.15, -0.1) is 0 Å². The zero-order valence-electron chi connectivity index (χ0n) is 16.4. The van der Waals surface area contributed by atoms with Crippen molar-refractivity contribution in [2.75, 3.05) is 25.4 Å². The van der Waals surface area contributed by atoms with Gasteiger partial charge in [0.15, 0.2) is 5.78 Å². The molecule has 1 rings (SSSR count). The molecular weight excluding hydrogens is 354 g/mol. The molecule has 0 radical (unpaired) electrons. The van der Waals surface area contributed by atoms with Crippen LogP contribution in [0, 0.1) is 5.41 Å². The smallest absolute Gasteiger partial charge is 0.243 e. The van der Waals surface area contributed by atoms with Crippen molar-refractivity contribution in [3.8, 4) is 0 Å². The van der Waals surface area contributed by atoms with Crippen molar-refractivity contribution >= 4 is 35.3 Å². The van der Waals surface area contributed by atoms with E-state index in [4.69, 9.17) is 0 Å². The lowest BCUT2D eigenvalue weighted by Gasteiger charge is -2.25. The van der Waals surface area contributed by atoms with E-state index in [1.807, 2.05) is 13.8 Å². The molecule has 0 unspecified atom stereocenters. The maximum atomic E-state index is 12.6. The van der Waals surface area contributed by atoms with E-state index in [0.717, 1.165) is 0 Å². The molecule has 0 aromatic carbocycles. The van der Waals surface area contributed by atoms with Crippen molar-refractivity contribution in [1.82, 2.24) is 15.1 Å². The average Bonchev–Trinajstić information content (AvgIpc) is 2.83. The van der Waals surface area contributed by atoms with Crippen LogP contribution in [-0.4, -0.2) is 64.7 Å². The number of amides is 3. The molecule has 0 saturated carbocycles. The summed E-state index contributed by atoms with van der Waals surface area (Å²) in [6.45, 7) is 11.0. The zero-order chi connectivity index (χ0) is 20.1. The second-order valence-electron chi connectivity index (χ2n) is 7.50. The van der Waals surface area contributed by atoms with Crippen molar-refractivity contribution in [2.45, 2.75) is 47.6 Å². The van der Waals surface area contributed by atoms with Gasteiger partial charge in [0.1, 0.15) is 6.54 Å². The monoisotopic (exact) mass is 383 g/mol. The first-order valence-corrected chi connectivity index (χ1v) is 9.70. The Balaban J connectivity index is 2.83. The lowest BCUT2D eigenvalue weighted by Crippen LogP contribution is -2.46. The third kappa shape index (κ3) is 6.48. The van der Waals surface area contributed by atoms with Crippen LogP contribution in [0.15, 0.2) is 11.1 Å². The minimum Gasteiger partial charge on any atom is -0.352 e. The summed E-state index contributed by atoms with van der Waals surface area (Å²) in [5.74, 6) is -0.668. The summed E-state index contributed by atoms with van der Waals surface area (Å²) in [4.78, 5) is 51.5. The topological polar surface area (TPSA) is 86.8 Å². The largest absolute Gasteiger partial charge is 0.352 e. The summed E-state index contributed by atoms with van der Waals surface area (Å²) in [6.07, 6.45) is 1.44. The lowest BCUT2D eigenvalue weighted by molar-refractivity contribution is -0.139. The van der Waals surface area contributed by atoms with Crippen LogP contribution in [0.2, 0.25) is 0 Å². The summed E-state index contributed by atoms with van der Waals surface area (Å²) in [5, 5.41) is 3.23. The number of thioether (sulfide) groups is 1. The third-order valence-corrected chi connectivity index (χ3v) is 4.74. The Morgan fingerprint density at radius 2 is 1.92 bits per heavy atom. The Kier molecular flexibility index (Phi) is 7.87. The fourth-order valence-electron chi connectivity index (χ4n) is 2.18. The first-order valence-electron chi connectivity index (χ1n) is 8.72. The SMILES string of the molecule is CCN(CC(=O)NC(C)C)C(=O)CN1C(=O)CSC1=CC(=O)C(C)(C)C. The van der Waals surface area contributed by atoms with Crippen LogP contribution in [0.3, 0.4) is 0 Å². The Hall–Kier alpha value is -1.83. The number of carbonyl (C=O) groups is 4. The van der Waals surface area contributed by atoms with Gasteiger partial charge in [0, 0.05) is 24.1 Å². The number of carbonyl (C=O) groups excluding carboxylic acids is 4. The van der Waals surface area contributed by atoms with Gasteiger partial charge in [-0.2, -0.15) is 0 Å². The number of hydrogen-bond donors (Lipinski definition) is 1. The van der Waals surface area contributed by atoms with Crippen molar-refractivity contribution < 1.29 is 19.2 Å². The Bertz CT molecular complexity index is 608. The van der Waals surface area contributed by atoms with Crippen LogP contribution >= 0.6 is 11.8 Å². The Morgan fingerprint density at radius 1 is 1.31 bits per heavy atom. The Labute approximate surface area is 159 Å². The number of nitrogens with one attached hydrogen (secondary N) is 1. The standard InChI is InChI=1S/C18H29N3O4S/c1-7-20(9-14(23)19-12(2)3)15(24)10-21-16(25)11-26-17(21)8-13(22)18(4,5)6/h8,12H,7,9-11H2,1-6H3,(H,19,23). The van der Waals surface area contributed by atoms with E-state index in [9.17, 15) is 19.2 Å². The van der Waals surface area contributed by atoms with E-state index in [-0.39, 0.29) is 48.4 Å². The van der Waals surface area contributed by atoms with Crippen LogP contribution in [0.5, 0.6) is 0 Å². The first-order chi connectivity index (χ1) is 12.0. The van der Waals surface area contributed by atoms with Gasteiger partial charge in [-0.05, 0) is 20.8 Å². The molecule has 1 N–H and O–H groups in total. The van der Waals surface area contributed by atoms with Gasteiger partial charge in [0.05, 0.1) is 17.3 Å². The molecule has 1 aliphatic heterocycles. The third-order valence-electron chi connectivity index (χ3n) is 3.72. The number of nitrogens with zero attached hydrogens (tertiary/aromatic N) is 2. The molecule has 26 heavy (non-hydrogen) atoms. The van der Waals surface area contributed by atoms with Gasteiger partial charge < -0.3 is 10.2 Å². The fourth-order valence-corrected chi connectivity index (χ4v) is 3.12. The molecule has 0 aromatic heterocycles. The number of ketones is 1. The highest BCUT2D eigenvalue weighted by Gasteiger charge is 2.32. The minimum absolute atomic E-state index is 0.00851. The van der Waals surface area contributed by atoms with E-state index in [2.05, 4.69) is 5.32 Å². The van der Waals surface area contributed by atoms with Crippen LogP contribution in [0.25, 0.3) is 0 Å². The van der Waals surface area contributed by atoms with Gasteiger partial charge in [0.2, 0.25) is 17.7 Å². The van der Waals surface area contributed by atoms with E-state index in [0.29, 0.717) is 11.6 Å². The molecule has 1 fully saturated rings. The van der Waals surface area contributed by atoms with E-state index >= 15 is 0 Å². The first kappa shape index (κ1) is 22.2. The predicted molar refractivity (Wildman–Crippen MR) is 102 cm³/mol. The zero-order valence-corrected chi connectivity index (χ0v) is 17.2. The molecule has 0 aromatic rings. The van der Waals surface area contributed by atoms with Crippen molar-refractivity contribution in [2.24, 2.45) is 5.41 Å². The summed E-state index contributed by atoms with van der Waals surface area (Å²) in [5.41, 5.74) is -0.556. The van der Waals surface area contributed by atoms with Crippen LogP contribution < -0.4 is 5.32 Å². The molecule has 1 aliphatic rings. The van der Waals surface area contributed by atoms with Crippen LogP contribution in [-0.2, 0) is 19.2 Å². The molecule has 8 heteroatoms. The lowest BCUT2D eigenvalue weighted by atomic mass is 9.91. The summed E-state index contributed by atoms with van der Waals surface area (Å²) in [7, 11) is 0. The van der Waals surface area contributed by atoms with E-state index in [1.54, 1.807) is 27.7 Å². The minimum atomic E-state index is -0.556. The van der Waals surface area contributed by atoms with Gasteiger partial charge >= 0.3 is 0 Å². The van der Waals surface area contributed by atoms with Gasteiger partial charge in [-0.3, -0.25) is 24.1 Å². The summed E-state index contributed by atoms with van der Waals surface area (Å²) >= 11 is 1.25. The molecule has 0 spiro atoms. The van der Waals surface area contributed by atoms with E-state index in [1.165, 1.54) is 27.6 Å². The maximum Gasteiger partial charge on any atom is 0.243 e. The second kappa shape index (κ2) is 9.21. The molecule has 146 valence electrons. The number of hydrogen-bond acceptors (Lipinski definition) is 5. The second-order valence-corrected chi connectivity index (χ2v) is 8.49. The highest BCUT2D eigenvalue weighted by molar-refractivity contribution is 8.04. The number of allylic oxidation sites excluding steroid dienone is 1. The molecule has 0 bridgehead atoms. The molecule has 0 aliphatic carbocycles. The number of likely N-dealkylation sites (N-methyl/N-ethyl adjacent to an activating group) is 1. The van der Waals surface area contributed by atoms with Gasteiger partial charge in [-0.1, -0.05) is 32.5 Å². The van der Waals surface area contributed by atoms with Crippen LogP contribution in [0.1, 0.15) is 41.5 Å². The maximum absolute atomic E-state index is 12.6. The normalized spacial score (nSPS) is 16.3. The summed E-state index contributed by atoms with van der Waals surface area (Å²) in [6, 6.07) is -0.00851. The molecular formula is C18H29N3O4S. The number of rotatable bonds is 7. The fraction of sp³-hybridized carbons (Fsp3) is 0.667. The van der Waals surface area contributed by atoms with Crippen molar-refractivity contribution in [3.63, 3.8) is 0 Å². The molecule has 1 heterocycles. The Morgan fingerprint density at radius 3 is 2.42 bits per heavy atom. The quantitative estimate of drug-likeness (QED) is 0.672.